The molecule has 5 nitrogen and oxygen atoms in total. The summed E-state index contributed by atoms with van der Waals surface area (Å²) in [6.45, 7) is 9.03. The molecule has 0 bridgehead atoms. The molecule has 1 heterocycles. The van der Waals surface area contributed by atoms with Gasteiger partial charge < -0.3 is 20.2 Å². The predicted molar refractivity (Wildman–Crippen MR) is 117 cm³/mol. The van der Waals surface area contributed by atoms with Gasteiger partial charge in [-0.25, -0.2) is 4.99 Å². The molecule has 1 aromatic heterocycles. The SMILES string of the molecule is CCNC(=NCc1cccc(Cl)c1)NCC(C)(O)c1cc(C)oc1C.I. The molecule has 2 aromatic rings. The zero-order chi connectivity index (χ0) is 18.4. The van der Waals surface area contributed by atoms with Gasteiger partial charge in [0.2, 0.25) is 0 Å². The first-order chi connectivity index (χ1) is 11.8. The van der Waals surface area contributed by atoms with E-state index in [4.69, 9.17) is 16.0 Å². The summed E-state index contributed by atoms with van der Waals surface area (Å²) in [5.41, 5.74) is 0.745. The molecular weight excluding hydrogens is 465 g/mol. The lowest BCUT2D eigenvalue weighted by Gasteiger charge is -2.24. The van der Waals surface area contributed by atoms with Crippen LogP contribution in [0.25, 0.3) is 0 Å². The number of guanidine groups is 1. The molecule has 0 spiro atoms. The van der Waals surface area contributed by atoms with Crippen LogP contribution in [0.1, 0.15) is 36.5 Å². The van der Waals surface area contributed by atoms with Crippen molar-refractivity contribution in [3.05, 3.63) is 58.0 Å². The van der Waals surface area contributed by atoms with Crippen molar-refractivity contribution in [2.75, 3.05) is 13.1 Å². The van der Waals surface area contributed by atoms with Gasteiger partial charge in [0.05, 0.1) is 13.1 Å². The number of nitrogens with one attached hydrogen (secondary N) is 2. The van der Waals surface area contributed by atoms with E-state index in [9.17, 15) is 5.11 Å². The second-order valence-corrected chi connectivity index (χ2v) is 6.72. The van der Waals surface area contributed by atoms with Crippen molar-refractivity contribution in [3.8, 4) is 0 Å². The highest BCUT2D eigenvalue weighted by molar-refractivity contribution is 14.0. The minimum atomic E-state index is -1.06. The van der Waals surface area contributed by atoms with Gasteiger partial charge in [-0.3, -0.25) is 0 Å². The normalized spacial score (nSPS) is 13.7. The molecule has 1 aromatic carbocycles. The van der Waals surface area contributed by atoms with Crippen LogP contribution in [0.3, 0.4) is 0 Å². The van der Waals surface area contributed by atoms with E-state index in [-0.39, 0.29) is 24.0 Å². The molecule has 1 atom stereocenters. The first-order valence-electron chi connectivity index (χ1n) is 8.38. The summed E-state index contributed by atoms with van der Waals surface area (Å²) in [7, 11) is 0. The van der Waals surface area contributed by atoms with Gasteiger partial charge in [0.25, 0.3) is 0 Å². The minimum absolute atomic E-state index is 0. The zero-order valence-corrected chi connectivity index (χ0v) is 18.7. The van der Waals surface area contributed by atoms with Crippen LogP contribution in [-0.2, 0) is 12.1 Å². The van der Waals surface area contributed by atoms with Crippen LogP contribution >= 0.6 is 35.6 Å². The van der Waals surface area contributed by atoms with Gasteiger partial charge in [0.15, 0.2) is 5.96 Å². The highest BCUT2D eigenvalue weighted by Crippen LogP contribution is 2.26. The second-order valence-electron chi connectivity index (χ2n) is 6.28. The van der Waals surface area contributed by atoms with Crippen molar-refractivity contribution in [1.29, 1.82) is 0 Å². The Labute approximate surface area is 177 Å². The Morgan fingerprint density at radius 1 is 1.27 bits per heavy atom. The Balaban J connectivity index is 0.00000338. The molecule has 0 aliphatic carbocycles. The largest absolute Gasteiger partial charge is 0.466 e. The third-order valence-electron chi connectivity index (χ3n) is 3.87. The zero-order valence-electron chi connectivity index (χ0n) is 15.6. The molecule has 0 amide bonds. The van der Waals surface area contributed by atoms with E-state index in [0.29, 0.717) is 24.1 Å². The molecule has 0 saturated heterocycles. The molecule has 2 rings (SSSR count). The van der Waals surface area contributed by atoms with E-state index < -0.39 is 5.60 Å². The molecule has 7 heteroatoms. The molecule has 1 unspecified atom stereocenters. The Morgan fingerprint density at radius 2 is 2.00 bits per heavy atom. The molecule has 0 aliphatic heterocycles. The summed E-state index contributed by atoms with van der Waals surface area (Å²) in [5.74, 6) is 2.15. The van der Waals surface area contributed by atoms with Crippen LogP contribution in [0, 0.1) is 13.8 Å². The highest BCUT2D eigenvalue weighted by Gasteiger charge is 2.27. The molecule has 0 fully saturated rings. The Bertz CT molecular complexity index is 744. The van der Waals surface area contributed by atoms with Gasteiger partial charge in [-0.15, -0.1) is 24.0 Å². The van der Waals surface area contributed by atoms with E-state index in [1.807, 2.05) is 51.1 Å². The fraction of sp³-hybridized carbons (Fsp3) is 0.421. The molecule has 0 aliphatic rings. The topological polar surface area (TPSA) is 69.8 Å². The summed E-state index contributed by atoms with van der Waals surface area (Å²) in [6, 6.07) is 9.48. The van der Waals surface area contributed by atoms with Gasteiger partial charge in [-0.2, -0.15) is 0 Å². The monoisotopic (exact) mass is 491 g/mol. The Morgan fingerprint density at radius 3 is 2.58 bits per heavy atom. The number of hydrogen-bond donors (Lipinski definition) is 3. The summed E-state index contributed by atoms with van der Waals surface area (Å²) in [5, 5.41) is 17.9. The Kier molecular flexibility index (Phi) is 8.92. The van der Waals surface area contributed by atoms with Crippen LogP contribution in [0.4, 0.5) is 0 Å². The molecule has 0 saturated carbocycles. The number of aryl methyl sites for hydroxylation is 2. The van der Waals surface area contributed by atoms with Crippen molar-refractivity contribution in [3.63, 3.8) is 0 Å². The van der Waals surface area contributed by atoms with E-state index in [2.05, 4.69) is 15.6 Å². The maximum Gasteiger partial charge on any atom is 0.191 e. The summed E-state index contributed by atoms with van der Waals surface area (Å²) < 4.78 is 5.53. The summed E-state index contributed by atoms with van der Waals surface area (Å²) in [6.07, 6.45) is 0. The van der Waals surface area contributed by atoms with Crippen molar-refractivity contribution in [1.82, 2.24) is 10.6 Å². The summed E-state index contributed by atoms with van der Waals surface area (Å²) in [4.78, 5) is 4.55. The molecule has 144 valence electrons. The quantitative estimate of drug-likeness (QED) is 0.323. The highest BCUT2D eigenvalue weighted by atomic mass is 127. The molecular formula is C19H27ClIN3O2. The van der Waals surface area contributed by atoms with Gasteiger partial charge in [-0.05, 0) is 51.5 Å². The van der Waals surface area contributed by atoms with Crippen LogP contribution in [-0.4, -0.2) is 24.2 Å². The van der Waals surface area contributed by atoms with E-state index >= 15 is 0 Å². The standard InChI is InChI=1S/C19H26ClN3O2.HI/c1-5-21-18(22-11-15-7-6-8-16(20)10-15)23-12-19(4,24)17-9-13(2)25-14(17)3;/h6-10,24H,5,11-12H2,1-4H3,(H2,21,22,23);1H. The van der Waals surface area contributed by atoms with E-state index in [1.54, 1.807) is 6.92 Å². The van der Waals surface area contributed by atoms with E-state index in [1.165, 1.54) is 0 Å². The van der Waals surface area contributed by atoms with Crippen molar-refractivity contribution < 1.29 is 9.52 Å². The van der Waals surface area contributed by atoms with Crippen LogP contribution in [0.2, 0.25) is 5.02 Å². The van der Waals surface area contributed by atoms with Gasteiger partial charge >= 0.3 is 0 Å². The van der Waals surface area contributed by atoms with Crippen molar-refractivity contribution >= 4 is 41.5 Å². The van der Waals surface area contributed by atoms with Crippen molar-refractivity contribution in [2.45, 2.75) is 39.8 Å². The average Bonchev–Trinajstić information content (AvgIpc) is 2.89. The maximum atomic E-state index is 10.8. The van der Waals surface area contributed by atoms with Crippen LogP contribution < -0.4 is 10.6 Å². The summed E-state index contributed by atoms with van der Waals surface area (Å²) >= 11 is 6.01. The third kappa shape index (κ3) is 6.48. The minimum Gasteiger partial charge on any atom is -0.466 e. The maximum absolute atomic E-state index is 10.8. The lowest BCUT2D eigenvalue weighted by Crippen LogP contribution is -2.44. The number of hydrogen-bond acceptors (Lipinski definition) is 3. The van der Waals surface area contributed by atoms with Crippen LogP contribution in [0.15, 0.2) is 39.7 Å². The number of aliphatic hydroxyl groups is 1. The number of halogens is 2. The number of benzene rings is 1. The smallest absolute Gasteiger partial charge is 0.191 e. The van der Waals surface area contributed by atoms with Gasteiger partial charge in [0, 0.05) is 17.1 Å². The fourth-order valence-corrected chi connectivity index (χ4v) is 2.88. The first-order valence-corrected chi connectivity index (χ1v) is 8.76. The number of rotatable bonds is 6. The van der Waals surface area contributed by atoms with Crippen LogP contribution in [0.5, 0.6) is 0 Å². The third-order valence-corrected chi connectivity index (χ3v) is 4.11. The Hall–Kier alpha value is -1.25. The molecule has 0 radical (unpaired) electrons. The van der Waals surface area contributed by atoms with Gasteiger partial charge in [0.1, 0.15) is 17.1 Å². The number of nitrogens with zero attached hydrogens (tertiary/aromatic N) is 1. The molecule has 3 N–H and O–H groups in total. The second kappa shape index (κ2) is 10.2. The lowest BCUT2D eigenvalue weighted by atomic mass is 9.96. The number of aliphatic imine (C=N–C) groups is 1. The van der Waals surface area contributed by atoms with Crippen molar-refractivity contribution in [2.24, 2.45) is 4.99 Å². The van der Waals surface area contributed by atoms with E-state index in [0.717, 1.165) is 29.2 Å². The number of furan rings is 1. The lowest BCUT2D eigenvalue weighted by molar-refractivity contribution is 0.0601. The first kappa shape index (κ1) is 22.8. The predicted octanol–water partition coefficient (Wildman–Crippen LogP) is 4.13. The average molecular weight is 492 g/mol. The van der Waals surface area contributed by atoms with Gasteiger partial charge in [-0.1, -0.05) is 23.7 Å². The fourth-order valence-electron chi connectivity index (χ4n) is 2.66. The molecule has 26 heavy (non-hydrogen) atoms.